The van der Waals surface area contributed by atoms with Crippen molar-refractivity contribution in [1.82, 2.24) is 4.72 Å². The molecule has 1 aromatic rings. The predicted molar refractivity (Wildman–Crippen MR) is 75.2 cm³/mol. The van der Waals surface area contributed by atoms with E-state index in [1.165, 1.54) is 0 Å². The van der Waals surface area contributed by atoms with Gasteiger partial charge in [0.15, 0.2) is 0 Å². The van der Waals surface area contributed by atoms with Gasteiger partial charge in [0.05, 0.1) is 11.9 Å². The number of nitrogens with one attached hydrogen (secondary N) is 1. The molecule has 0 bridgehead atoms. The van der Waals surface area contributed by atoms with E-state index in [0.717, 1.165) is 30.4 Å². The van der Waals surface area contributed by atoms with Crippen molar-refractivity contribution in [2.24, 2.45) is 5.92 Å². The summed E-state index contributed by atoms with van der Waals surface area (Å²) in [5, 5.41) is 9.68. The fourth-order valence-corrected chi connectivity index (χ4v) is 3.82. The van der Waals surface area contributed by atoms with Gasteiger partial charge in [-0.3, -0.25) is 0 Å². The number of hydrogen-bond acceptors (Lipinski definition) is 3. The molecule has 0 unspecified atom stereocenters. The average Bonchev–Trinajstić information content (AvgIpc) is 2.75. The summed E-state index contributed by atoms with van der Waals surface area (Å²) in [7, 11) is -3.33. The van der Waals surface area contributed by atoms with Crippen molar-refractivity contribution in [2.45, 2.75) is 38.0 Å². The summed E-state index contributed by atoms with van der Waals surface area (Å²) in [5.74, 6) is 0.0642. The summed E-state index contributed by atoms with van der Waals surface area (Å²) in [6, 6.07) is 7.48. The summed E-state index contributed by atoms with van der Waals surface area (Å²) < 4.78 is 26.7. The summed E-state index contributed by atoms with van der Waals surface area (Å²) in [4.78, 5) is 0. The highest BCUT2D eigenvalue weighted by atomic mass is 32.2. The molecule has 0 aromatic heterocycles. The van der Waals surface area contributed by atoms with Crippen LogP contribution in [-0.4, -0.2) is 26.2 Å². The van der Waals surface area contributed by atoms with Crippen LogP contribution in [0.3, 0.4) is 0 Å². The predicted octanol–water partition coefficient (Wildman–Crippen LogP) is 1.58. The normalized spacial score (nSPS) is 23.7. The Bertz CT molecular complexity index is 527. The van der Waals surface area contributed by atoms with Gasteiger partial charge in [-0.1, -0.05) is 30.7 Å². The van der Waals surface area contributed by atoms with Gasteiger partial charge >= 0.3 is 0 Å². The molecule has 2 N–H and O–H groups in total. The van der Waals surface area contributed by atoms with Gasteiger partial charge in [-0.2, -0.15) is 0 Å². The van der Waals surface area contributed by atoms with Gasteiger partial charge in [0.1, 0.15) is 0 Å². The largest absolute Gasteiger partial charge is 0.393 e. The Balaban J connectivity index is 1.94. The van der Waals surface area contributed by atoms with Crippen molar-refractivity contribution < 1.29 is 13.5 Å². The van der Waals surface area contributed by atoms with Crippen molar-refractivity contribution in [3.05, 3.63) is 35.4 Å². The molecule has 1 saturated carbocycles. The molecule has 0 amide bonds. The highest BCUT2D eigenvalue weighted by Crippen LogP contribution is 2.25. The molecule has 5 heteroatoms. The van der Waals surface area contributed by atoms with E-state index in [1.54, 1.807) is 0 Å². The third kappa shape index (κ3) is 4.03. The van der Waals surface area contributed by atoms with E-state index in [0.29, 0.717) is 6.54 Å². The monoisotopic (exact) mass is 283 g/mol. The van der Waals surface area contributed by atoms with Gasteiger partial charge in [0, 0.05) is 6.54 Å². The molecule has 2 rings (SSSR count). The molecule has 1 aromatic carbocycles. The van der Waals surface area contributed by atoms with Crippen molar-refractivity contribution in [3.8, 4) is 0 Å². The number of aliphatic hydroxyl groups excluding tert-OH is 1. The van der Waals surface area contributed by atoms with Gasteiger partial charge in [-0.05, 0) is 36.8 Å². The Morgan fingerprint density at radius 1 is 1.32 bits per heavy atom. The zero-order valence-corrected chi connectivity index (χ0v) is 12.0. The standard InChI is InChI=1S/C14H21NO3S/c1-11-5-2-3-6-13(11)10-19(17,18)15-9-12-7-4-8-14(12)16/h2-3,5-6,12,14-16H,4,7-10H2,1H3/t12-,14-/m0/s1. The highest BCUT2D eigenvalue weighted by Gasteiger charge is 2.26. The van der Waals surface area contributed by atoms with Gasteiger partial charge < -0.3 is 5.11 Å². The molecule has 0 radical (unpaired) electrons. The molecule has 1 aliphatic rings. The molecule has 4 nitrogen and oxygen atoms in total. The lowest BCUT2D eigenvalue weighted by Crippen LogP contribution is -2.33. The van der Waals surface area contributed by atoms with Crippen LogP contribution in [0, 0.1) is 12.8 Å². The summed E-state index contributed by atoms with van der Waals surface area (Å²) in [6.07, 6.45) is 2.30. The Labute approximate surface area is 114 Å². The van der Waals surface area contributed by atoms with Crippen LogP contribution < -0.4 is 4.72 Å². The second kappa shape index (κ2) is 6.03. The molecule has 106 valence electrons. The van der Waals surface area contributed by atoms with Gasteiger partial charge in [-0.25, -0.2) is 13.1 Å². The molecule has 0 heterocycles. The molecule has 0 aliphatic heterocycles. The molecule has 1 fully saturated rings. The Morgan fingerprint density at radius 3 is 2.68 bits per heavy atom. The van der Waals surface area contributed by atoms with Crippen molar-refractivity contribution in [3.63, 3.8) is 0 Å². The number of aliphatic hydroxyl groups is 1. The minimum absolute atomic E-state index is 0.00247. The van der Waals surface area contributed by atoms with E-state index in [1.807, 2.05) is 31.2 Å². The van der Waals surface area contributed by atoms with Gasteiger partial charge in [0.2, 0.25) is 10.0 Å². The smallest absolute Gasteiger partial charge is 0.215 e. The summed E-state index contributed by atoms with van der Waals surface area (Å²) in [6.45, 7) is 2.25. The fourth-order valence-electron chi connectivity index (χ4n) is 2.52. The van der Waals surface area contributed by atoms with E-state index in [9.17, 15) is 13.5 Å². The van der Waals surface area contributed by atoms with Gasteiger partial charge in [-0.15, -0.1) is 0 Å². The van der Waals surface area contributed by atoms with E-state index in [-0.39, 0.29) is 17.8 Å². The van der Waals surface area contributed by atoms with Crippen LogP contribution in [0.25, 0.3) is 0 Å². The molecule has 0 saturated heterocycles. The molecular formula is C14H21NO3S. The first-order valence-electron chi connectivity index (χ1n) is 6.68. The van der Waals surface area contributed by atoms with E-state index < -0.39 is 10.0 Å². The van der Waals surface area contributed by atoms with Crippen LogP contribution in [0.5, 0.6) is 0 Å². The lowest BCUT2D eigenvalue weighted by molar-refractivity contribution is 0.134. The first kappa shape index (κ1) is 14.5. The minimum atomic E-state index is -3.33. The summed E-state index contributed by atoms with van der Waals surface area (Å²) >= 11 is 0. The van der Waals surface area contributed by atoms with E-state index in [4.69, 9.17) is 0 Å². The van der Waals surface area contributed by atoms with Crippen LogP contribution in [-0.2, 0) is 15.8 Å². The maximum absolute atomic E-state index is 12.0. The van der Waals surface area contributed by atoms with Crippen LogP contribution in [0.4, 0.5) is 0 Å². The molecule has 19 heavy (non-hydrogen) atoms. The van der Waals surface area contributed by atoms with E-state index >= 15 is 0 Å². The lowest BCUT2D eigenvalue weighted by atomic mass is 10.1. The molecule has 2 atom stereocenters. The number of aryl methyl sites for hydroxylation is 1. The van der Waals surface area contributed by atoms with Crippen molar-refractivity contribution in [1.29, 1.82) is 0 Å². The zero-order valence-electron chi connectivity index (χ0n) is 11.2. The lowest BCUT2D eigenvalue weighted by Gasteiger charge is -2.15. The highest BCUT2D eigenvalue weighted by molar-refractivity contribution is 7.88. The number of rotatable bonds is 5. The number of sulfonamides is 1. The molecular weight excluding hydrogens is 262 g/mol. The zero-order chi connectivity index (χ0) is 13.9. The number of hydrogen-bond donors (Lipinski definition) is 2. The minimum Gasteiger partial charge on any atom is -0.393 e. The fraction of sp³-hybridized carbons (Fsp3) is 0.571. The van der Waals surface area contributed by atoms with Crippen LogP contribution in [0.15, 0.2) is 24.3 Å². The first-order chi connectivity index (χ1) is 8.98. The third-order valence-electron chi connectivity index (χ3n) is 3.79. The quantitative estimate of drug-likeness (QED) is 0.862. The van der Waals surface area contributed by atoms with Crippen LogP contribution >= 0.6 is 0 Å². The Hall–Kier alpha value is -0.910. The first-order valence-corrected chi connectivity index (χ1v) is 8.33. The molecule has 1 aliphatic carbocycles. The van der Waals surface area contributed by atoms with E-state index in [2.05, 4.69) is 4.72 Å². The second-order valence-corrected chi connectivity index (χ2v) is 7.10. The van der Waals surface area contributed by atoms with Crippen LogP contribution in [0.1, 0.15) is 30.4 Å². The number of benzene rings is 1. The summed E-state index contributed by atoms with van der Waals surface area (Å²) in [5.41, 5.74) is 1.80. The van der Waals surface area contributed by atoms with Crippen molar-refractivity contribution >= 4 is 10.0 Å². The van der Waals surface area contributed by atoms with Gasteiger partial charge in [0.25, 0.3) is 0 Å². The maximum atomic E-state index is 12.0. The Morgan fingerprint density at radius 2 is 2.05 bits per heavy atom. The average molecular weight is 283 g/mol. The van der Waals surface area contributed by atoms with Crippen LogP contribution in [0.2, 0.25) is 0 Å². The Kier molecular flexibility index (Phi) is 4.60. The second-order valence-electron chi connectivity index (χ2n) is 5.29. The third-order valence-corrected chi connectivity index (χ3v) is 5.09. The molecule has 0 spiro atoms. The van der Waals surface area contributed by atoms with Crippen molar-refractivity contribution in [2.75, 3.05) is 6.54 Å². The maximum Gasteiger partial charge on any atom is 0.215 e. The SMILES string of the molecule is Cc1ccccc1CS(=O)(=O)NC[C@@H]1CCC[C@@H]1O. The topological polar surface area (TPSA) is 66.4 Å².